The molecule has 1 aliphatic rings. The van der Waals surface area contributed by atoms with Gasteiger partial charge in [-0.3, -0.25) is 19.8 Å². The molecule has 0 aromatic heterocycles. The average molecular weight is 266 g/mol. The zero-order valence-corrected chi connectivity index (χ0v) is 10.1. The third-order valence-electron chi connectivity index (χ3n) is 2.15. The molecule has 1 heterocycles. The van der Waals surface area contributed by atoms with Crippen LogP contribution in [0.4, 0.5) is 11.4 Å². The molecule has 0 radical (unpaired) electrons. The number of hydrogen-bond donors (Lipinski definition) is 0. The number of nitrogens with zero attached hydrogens (tertiary/aromatic N) is 2. The summed E-state index contributed by atoms with van der Waals surface area (Å²) in [5.41, 5.74) is 0.481. The Morgan fingerprint density at radius 1 is 1.35 bits per heavy atom. The molecule has 1 aromatic carbocycles. The summed E-state index contributed by atoms with van der Waals surface area (Å²) >= 11 is 6.16. The van der Waals surface area contributed by atoms with Crippen LogP contribution in [0.5, 0.6) is 0 Å². The van der Waals surface area contributed by atoms with Crippen LogP contribution in [-0.2, 0) is 4.79 Å². The number of hydrogen-bond acceptors (Lipinski definition) is 5. The molecule has 0 atom stereocenters. The number of thioether (sulfide) groups is 1. The highest BCUT2D eigenvalue weighted by Gasteiger charge is 2.31. The first kappa shape index (κ1) is 11.7. The van der Waals surface area contributed by atoms with Crippen molar-refractivity contribution in [2.45, 2.75) is 0 Å². The fraction of sp³-hybridized carbons (Fsp3) is 0. The molecule has 5 nitrogen and oxygen atoms in total. The standard InChI is InChI=1S/C10H6N2O3S2/c1-6-9(13)11(10(16)17-6)7-2-4-8(5-3-7)12(14)15/h2-5H,1H2. The number of carbonyl (C=O) groups excluding carboxylic acids is 1. The Morgan fingerprint density at radius 3 is 2.35 bits per heavy atom. The van der Waals surface area contributed by atoms with Crippen LogP contribution in [-0.4, -0.2) is 15.2 Å². The van der Waals surface area contributed by atoms with Gasteiger partial charge in [0.05, 0.1) is 15.5 Å². The van der Waals surface area contributed by atoms with Crippen LogP contribution in [0.15, 0.2) is 35.7 Å². The highest BCUT2D eigenvalue weighted by Crippen LogP contribution is 2.34. The Balaban J connectivity index is 2.35. The number of anilines is 1. The SMILES string of the molecule is C=C1SC(=S)N(c2ccc([N+](=O)[O-])cc2)C1=O. The zero-order valence-electron chi connectivity index (χ0n) is 8.45. The molecule has 0 aliphatic carbocycles. The molecule has 1 fully saturated rings. The molecule has 86 valence electrons. The first-order valence-electron chi connectivity index (χ1n) is 4.50. The van der Waals surface area contributed by atoms with Gasteiger partial charge in [0.15, 0.2) is 4.32 Å². The van der Waals surface area contributed by atoms with Crippen molar-refractivity contribution < 1.29 is 9.72 Å². The molecule has 1 aromatic rings. The van der Waals surface area contributed by atoms with Crippen molar-refractivity contribution in [3.05, 3.63) is 45.9 Å². The lowest BCUT2D eigenvalue weighted by molar-refractivity contribution is -0.384. The minimum atomic E-state index is -0.498. The van der Waals surface area contributed by atoms with E-state index in [0.29, 0.717) is 14.9 Å². The summed E-state index contributed by atoms with van der Waals surface area (Å²) in [5.74, 6) is -0.283. The average Bonchev–Trinajstić information content (AvgIpc) is 2.53. The number of carbonyl (C=O) groups is 1. The number of nitro groups is 1. The van der Waals surface area contributed by atoms with E-state index < -0.39 is 4.92 Å². The van der Waals surface area contributed by atoms with Crippen molar-refractivity contribution in [3.8, 4) is 0 Å². The third kappa shape index (κ3) is 2.06. The summed E-state index contributed by atoms with van der Waals surface area (Å²) in [6.07, 6.45) is 0. The number of rotatable bonds is 2. The van der Waals surface area contributed by atoms with Gasteiger partial charge in [0.25, 0.3) is 11.6 Å². The molecule has 17 heavy (non-hydrogen) atoms. The van der Waals surface area contributed by atoms with Crippen molar-refractivity contribution in [1.29, 1.82) is 0 Å². The van der Waals surface area contributed by atoms with Crippen molar-refractivity contribution in [2.75, 3.05) is 4.90 Å². The van der Waals surface area contributed by atoms with E-state index in [9.17, 15) is 14.9 Å². The number of benzene rings is 1. The van der Waals surface area contributed by atoms with E-state index >= 15 is 0 Å². The molecule has 0 saturated carbocycles. The Labute approximate surface area is 106 Å². The van der Waals surface area contributed by atoms with E-state index in [1.54, 1.807) is 0 Å². The molecule has 0 spiro atoms. The van der Waals surface area contributed by atoms with E-state index in [2.05, 4.69) is 6.58 Å². The molecular formula is C10H6N2O3S2. The first-order chi connectivity index (χ1) is 8.00. The van der Waals surface area contributed by atoms with Crippen LogP contribution in [0.1, 0.15) is 0 Å². The molecule has 0 unspecified atom stereocenters. The van der Waals surface area contributed by atoms with Gasteiger partial charge in [-0.25, -0.2) is 0 Å². The maximum atomic E-state index is 11.7. The van der Waals surface area contributed by atoms with Crippen molar-refractivity contribution in [3.63, 3.8) is 0 Å². The second-order valence-corrected chi connectivity index (χ2v) is 4.93. The summed E-state index contributed by atoms with van der Waals surface area (Å²) in [7, 11) is 0. The summed E-state index contributed by atoms with van der Waals surface area (Å²) < 4.78 is 0.383. The Morgan fingerprint density at radius 2 is 1.94 bits per heavy atom. The van der Waals surface area contributed by atoms with Gasteiger partial charge in [-0.2, -0.15) is 0 Å². The molecule has 0 bridgehead atoms. The fourth-order valence-electron chi connectivity index (χ4n) is 1.35. The predicted octanol–water partition coefficient (Wildman–Crippen LogP) is 2.47. The van der Waals surface area contributed by atoms with Crippen molar-refractivity contribution in [1.82, 2.24) is 0 Å². The van der Waals surface area contributed by atoms with Crippen LogP contribution in [0.3, 0.4) is 0 Å². The second-order valence-electron chi connectivity index (χ2n) is 3.21. The zero-order chi connectivity index (χ0) is 12.6. The van der Waals surface area contributed by atoms with E-state index in [-0.39, 0.29) is 11.6 Å². The summed E-state index contributed by atoms with van der Waals surface area (Å²) in [6.45, 7) is 3.58. The quantitative estimate of drug-likeness (QED) is 0.356. The topological polar surface area (TPSA) is 63.4 Å². The van der Waals surface area contributed by atoms with Gasteiger partial charge in [-0.1, -0.05) is 30.6 Å². The largest absolute Gasteiger partial charge is 0.270 e. The Bertz CT molecular complexity index is 539. The molecule has 7 heteroatoms. The number of nitro benzene ring substituents is 1. The van der Waals surface area contributed by atoms with E-state index in [1.807, 2.05) is 0 Å². The highest BCUT2D eigenvalue weighted by molar-refractivity contribution is 8.27. The first-order valence-corrected chi connectivity index (χ1v) is 5.73. The van der Waals surface area contributed by atoms with E-state index in [1.165, 1.54) is 29.2 Å². The third-order valence-corrected chi connectivity index (χ3v) is 3.36. The van der Waals surface area contributed by atoms with Crippen molar-refractivity contribution in [2.24, 2.45) is 0 Å². The molecule has 2 rings (SSSR count). The summed E-state index contributed by atoms with van der Waals surface area (Å²) in [4.78, 5) is 23.4. The smallest absolute Gasteiger partial charge is 0.268 e. The molecule has 1 saturated heterocycles. The Hall–Kier alpha value is -1.73. The lowest BCUT2D eigenvalue weighted by Gasteiger charge is -2.13. The minimum Gasteiger partial charge on any atom is -0.268 e. The molecule has 1 amide bonds. The van der Waals surface area contributed by atoms with Crippen molar-refractivity contribution >= 4 is 45.6 Å². The summed E-state index contributed by atoms with van der Waals surface area (Å²) in [5, 5.41) is 10.5. The minimum absolute atomic E-state index is 0.0298. The normalized spacial score (nSPS) is 15.5. The number of thiocarbonyl (C=S) groups is 1. The van der Waals surface area contributed by atoms with Gasteiger partial charge in [0, 0.05) is 12.1 Å². The van der Waals surface area contributed by atoms with Gasteiger partial charge in [-0.05, 0) is 12.1 Å². The lowest BCUT2D eigenvalue weighted by atomic mass is 10.2. The second kappa shape index (κ2) is 4.27. The number of non-ortho nitro benzene ring substituents is 1. The molecule has 0 N–H and O–H groups in total. The van der Waals surface area contributed by atoms with Crippen LogP contribution in [0, 0.1) is 10.1 Å². The monoisotopic (exact) mass is 266 g/mol. The van der Waals surface area contributed by atoms with Crippen LogP contribution >= 0.6 is 24.0 Å². The molecular weight excluding hydrogens is 260 g/mol. The summed E-state index contributed by atoms with van der Waals surface area (Å²) in [6, 6.07) is 5.64. The maximum Gasteiger partial charge on any atom is 0.270 e. The van der Waals surface area contributed by atoms with E-state index in [4.69, 9.17) is 12.2 Å². The van der Waals surface area contributed by atoms with Gasteiger partial charge in [-0.15, -0.1) is 0 Å². The van der Waals surface area contributed by atoms with Crippen LogP contribution in [0.2, 0.25) is 0 Å². The van der Waals surface area contributed by atoms with Crippen LogP contribution in [0.25, 0.3) is 0 Å². The Kier molecular flexibility index (Phi) is 2.95. The highest BCUT2D eigenvalue weighted by atomic mass is 32.2. The molecule has 1 aliphatic heterocycles. The maximum absolute atomic E-state index is 11.7. The predicted molar refractivity (Wildman–Crippen MR) is 69.9 cm³/mol. The van der Waals surface area contributed by atoms with Gasteiger partial charge < -0.3 is 0 Å². The van der Waals surface area contributed by atoms with Gasteiger partial charge >= 0.3 is 0 Å². The fourth-order valence-corrected chi connectivity index (χ4v) is 2.51. The lowest BCUT2D eigenvalue weighted by Crippen LogP contribution is -2.27. The van der Waals surface area contributed by atoms with Gasteiger partial charge in [0.1, 0.15) is 0 Å². The van der Waals surface area contributed by atoms with E-state index in [0.717, 1.165) is 11.8 Å². The van der Waals surface area contributed by atoms with Gasteiger partial charge in [0.2, 0.25) is 0 Å². The number of amides is 1. The van der Waals surface area contributed by atoms with Crippen LogP contribution < -0.4 is 4.90 Å².